The summed E-state index contributed by atoms with van der Waals surface area (Å²) in [5.41, 5.74) is 9.52. The van der Waals surface area contributed by atoms with Crippen molar-refractivity contribution in [2.45, 2.75) is 13.8 Å². The summed E-state index contributed by atoms with van der Waals surface area (Å²) in [6.07, 6.45) is 0. The van der Waals surface area contributed by atoms with Gasteiger partial charge in [-0.15, -0.1) is 11.3 Å². The van der Waals surface area contributed by atoms with Crippen LogP contribution in [0.1, 0.15) is 16.0 Å². The van der Waals surface area contributed by atoms with Crippen LogP contribution < -0.4 is 5.73 Å². The molecule has 2 aromatic rings. The number of nitrogens with two attached hydrogens (primary N) is 1. The van der Waals surface area contributed by atoms with Crippen LogP contribution in [-0.2, 0) is 0 Å². The first kappa shape index (κ1) is 12.0. The zero-order valence-electron chi connectivity index (χ0n) is 9.54. The summed E-state index contributed by atoms with van der Waals surface area (Å²) in [7, 11) is 0. The maximum atomic E-state index is 8.97. The molecule has 1 heterocycles. The molecule has 1 aromatic carbocycles. The number of rotatable bonds is 1. The molecule has 0 saturated carbocycles. The molecule has 0 aliphatic heterocycles. The van der Waals surface area contributed by atoms with Gasteiger partial charge in [-0.1, -0.05) is 17.7 Å². The summed E-state index contributed by atoms with van der Waals surface area (Å²) in [5.74, 6) is 0. The molecule has 0 fully saturated rings. The van der Waals surface area contributed by atoms with Crippen molar-refractivity contribution >= 4 is 28.6 Å². The molecular formula is C13H11ClN2S. The Kier molecular flexibility index (Phi) is 3.10. The lowest BCUT2D eigenvalue weighted by atomic mass is 10.1. The van der Waals surface area contributed by atoms with Crippen LogP contribution in [0.15, 0.2) is 18.2 Å². The molecule has 0 radical (unpaired) electrons. The van der Waals surface area contributed by atoms with E-state index in [0.717, 1.165) is 21.6 Å². The Morgan fingerprint density at radius 2 is 2.00 bits per heavy atom. The fourth-order valence-corrected chi connectivity index (χ4v) is 3.05. The number of hydrogen-bond donors (Lipinski definition) is 1. The van der Waals surface area contributed by atoms with Crippen molar-refractivity contribution in [2.24, 2.45) is 0 Å². The van der Waals surface area contributed by atoms with Gasteiger partial charge in [0.2, 0.25) is 0 Å². The molecule has 86 valence electrons. The van der Waals surface area contributed by atoms with Gasteiger partial charge >= 0.3 is 0 Å². The predicted octanol–water partition coefficient (Wildman–Crippen LogP) is 4.14. The minimum absolute atomic E-state index is 0.565. The number of aryl methyl sites for hydroxylation is 1. The van der Waals surface area contributed by atoms with Gasteiger partial charge in [0.1, 0.15) is 10.9 Å². The summed E-state index contributed by atoms with van der Waals surface area (Å²) in [4.78, 5) is 1.58. The van der Waals surface area contributed by atoms with Crippen molar-refractivity contribution in [3.8, 4) is 16.5 Å². The van der Waals surface area contributed by atoms with Crippen LogP contribution in [-0.4, -0.2) is 0 Å². The van der Waals surface area contributed by atoms with Crippen molar-refractivity contribution in [2.75, 3.05) is 5.73 Å². The van der Waals surface area contributed by atoms with Crippen LogP contribution in [0.5, 0.6) is 0 Å². The van der Waals surface area contributed by atoms with E-state index >= 15 is 0 Å². The third kappa shape index (κ3) is 2.14. The highest BCUT2D eigenvalue weighted by atomic mass is 35.5. The number of anilines is 1. The van der Waals surface area contributed by atoms with Gasteiger partial charge < -0.3 is 5.73 Å². The maximum absolute atomic E-state index is 8.97. The third-order valence-corrected chi connectivity index (χ3v) is 4.08. The largest absolute Gasteiger partial charge is 0.397 e. The van der Waals surface area contributed by atoms with Crippen LogP contribution in [0.2, 0.25) is 5.02 Å². The third-order valence-electron chi connectivity index (χ3n) is 2.60. The Morgan fingerprint density at radius 3 is 2.53 bits per heavy atom. The van der Waals surface area contributed by atoms with Gasteiger partial charge in [0.15, 0.2) is 0 Å². The van der Waals surface area contributed by atoms with E-state index in [0.29, 0.717) is 15.6 Å². The fraction of sp³-hybridized carbons (Fsp3) is 0.154. The number of benzene rings is 1. The molecule has 0 atom stereocenters. The van der Waals surface area contributed by atoms with Crippen molar-refractivity contribution in [1.82, 2.24) is 0 Å². The van der Waals surface area contributed by atoms with Gasteiger partial charge in [-0.3, -0.25) is 0 Å². The summed E-state index contributed by atoms with van der Waals surface area (Å²) in [6.45, 7) is 3.92. The number of hydrogen-bond acceptors (Lipinski definition) is 3. The normalized spacial score (nSPS) is 10.2. The summed E-state index contributed by atoms with van der Waals surface area (Å²) < 4.78 is 0. The summed E-state index contributed by atoms with van der Waals surface area (Å²) in [5, 5.41) is 9.67. The minimum atomic E-state index is 0.565. The van der Waals surface area contributed by atoms with E-state index < -0.39 is 0 Å². The summed E-state index contributed by atoms with van der Waals surface area (Å²) in [6, 6.07) is 7.97. The van der Waals surface area contributed by atoms with Gasteiger partial charge in [0, 0.05) is 9.90 Å². The molecule has 2 N–H and O–H groups in total. The van der Waals surface area contributed by atoms with Gasteiger partial charge in [-0.25, -0.2) is 0 Å². The second kappa shape index (κ2) is 4.40. The molecule has 0 unspecified atom stereocenters. The van der Waals surface area contributed by atoms with Crippen molar-refractivity contribution in [3.05, 3.63) is 39.2 Å². The highest BCUT2D eigenvalue weighted by molar-refractivity contribution is 7.16. The average molecular weight is 263 g/mol. The van der Waals surface area contributed by atoms with Crippen LogP contribution in [0, 0.1) is 25.2 Å². The highest BCUT2D eigenvalue weighted by Gasteiger charge is 2.14. The average Bonchev–Trinajstić information content (AvgIpc) is 2.54. The van der Waals surface area contributed by atoms with Gasteiger partial charge in [-0.2, -0.15) is 5.26 Å². The molecule has 1 aromatic heterocycles. The number of thiophene rings is 1. The summed E-state index contributed by atoms with van der Waals surface area (Å²) >= 11 is 7.45. The fourth-order valence-electron chi connectivity index (χ4n) is 1.75. The SMILES string of the molecule is Cc1cc(Cl)cc(-c2sc(C#N)c(N)c2C)c1. The molecule has 0 amide bonds. The molecule has 0 spiro atoms. The number of nitrogen functional groups attached to an aromatic ring is 1. The van der Waals surface area contributed by atoms with Crippen molar-refractivity contribution < 1.29 is 0 Å². The maximum Gasteiger partial charge on any atom is 0.128 e. The van der Waals surface area contributed by atoms with Gasteiger partial charge in [0.25, 0.3) is 0 Å². The Hall–Kier alpha value is -1.50. The van der Waals surface area contributed by atoms with Crippen LogP contribution in [0.3, 0.4) is 0 Å². The molecule has 4 heteroatoms. The molecule has 0 aliphatic carbocycles. The Balaban J connectivity index is 2.65. The molecule has 17 heavy (non-hydrogen) atoms. The Morgan fingerprint density at radius 1 is 1.29 bits per heavy atom. The van der Waals surface area contributed by atoms with Crippen LogP contribution in [0.25, 0.3) is 10.4 Å². The number of nitriles is 1. The second-order valence-electron chi connectivity index (χ2n) is 3.93. The lowest BCUT2D eigenvalue weighted by Gasteiger charge is -2.03. The zero-order valence-corrected chi connectivity index (χ0v) is 11.1. The first-order valence-electron chi connectivity index (χ1n) is 5.09. The standard InChI is InChI=1S/C13H11ClN2S/c1-7-3-9(5-10(14)4-7)13-8(2)12(16)11(6-15)17-13/h3-5H,16H2,1-2H3. The quantitative estimate of drug-likeness (QED) is 0.840. The van der Waals surface area contributed by atoms with Gasteiger partial charge in [-0.05, 0) is 42.7 Å². The lowest BCUT2D eigenvalue weighted by Crippen LogP contribution is -1.87. The zero-order chi connectivity index (χ0) is 12.6. The topological polar surface area (TPSA) is 49.8 Å². The lowest BCUT2D eigenvalue weighted by molar-refractivity contribution is 1.46. The monoisotopic (exact) mass is 262 g/mol. The first-order chi connectivity index (χ1) is 8.02. The smallest absolute Gasteiger partial charge is 0.128 e. The highest BCUT2D eigenvalue weighted by Crippen LogP contribution is 2.38. The first-order valence-corrected chi connectivity index (χ1v) is 6.29. The minimum Gasteiger partial charge on any atom is -0.397 e. The number of halogens is 1. The second-order valence-corrected chi connectivity index (χ2v) is 5.39. The van der Waals surface area contributed by atoms with Gasteiger partial charge in [0.05, 0.1) is 5.69 Å². The molecule has 0 aliphatic rings. The predicted molar refractivity (Wildman–Crippen MR) is 73.4 cm³/mol. The van der Waals surface area contributed by atoms with E-state index in [2.05, 4.69) is 6.07 Å². The number of nitrogens with zero attached hydrogens (tertiary/aromatic N) is 1. The van der Waals surface area contributed by atoms with E-state index in [1.165, 1.54) is 11.3 Å². The van der Waals surface area contributed by atoms with E-state index in [1.807, 2.05) is 32.0 Å². The van der Waals surface area contributed by atoms with Crippen LogP contribution >= 0.6 is 22.9 Å². The van der Waals surface area contributed by atoms with E-state index in [1.54, 1.807) is 0 Å². The van der Waals surface area contributed by atoms with E-state index in [9.17, 15) is 0 Å². The molecular weight excluding hydrogens is 252 g/mol. The van der Waals surface area contributed by atoms with Crippen molar-refractivity contribution in [3.63, 3.8) is 0 Å². The van der Waals surface area contributed by atoms with Crippen LogP contribution in [0.4, 0.5) is 5.69 Å². The Bertz CT molecular complexity index is 603. The molecule has 0 saturated heterocycles. The molecule has 2 rings (SSSR count). The Labute approximate surface area is 109 Å². The molecule has 0 bridgehead atoms. The molecule has 2 nitrogen and oxygen atoms in total. The van der Waals surface area contributed by atoms with E-state index in [-0.39, 0.29) is 0 Å². The van der Waals surface area contributed by atoms with Crippen molar-refractivity contribution in [1.29, 1.82) is 5.26 Å². The van der Waals surface area contributed by atoms with E-state index in [4.69, 9.17) is 22.6 Å².